The van der Waals surface area contributed by atoms with Crippen molar-refractivity contribution in [3.63, 3.8) is 0 Å². The van der Waals surface area contributed by atoms with Gasteiger partial charge >= 0.3 is 0 Å². The van der Waals surface area contributed by atoms with E-state index in [0.29, 0.717) is 22.9 Å². The Morgan fingerprint density at radius 3 is 2.84 bits per heavy atom. The normalized spacial score (nSPS) is 10.3. The van der Waals surface area contributed by atoms with E-state index in [0.717, 1.165) is 10.6 Å². The number of nitrogens with zero attached hydrogens (tertiary/aromatic N) is 2. The maximum atomic E-state index is 12.3. The van der Waals surface area contributed by atoms with Crippen LogP contribution in [0.4, 0.5) is 5.69 Å². The van der Waals surface area contributed by atoms with Crippen LogP contribution in [0, 0.1) is 0 Å². The van der Waals surface area contributed by atoms with Gasteiger partial charge in [-0.2, -0.15) is 0 Å². The third-order valence-electron chi connectivity index (χ3n) is 3.48. The molecule has 25 heavy (non-hydrogen) atoms. The summed E-state index contributed by atoms with van der Waals surface area (Å²) in [6.45, 7) is 0. The summed E-state index contributed by atoms with van der Waals surface area (Å²) in [5.74, 6) is 1.05. The number of benzene rings is 1. The van der Waals surface area contributed by atoms with E-state index in [1.807, 2.05) is 17.5 Å². The van der Waals surface area contributed by atoms with E-state index < -0.39 is 0 Å². The molecule has 1 N–H and O–H groups in total. The van der Waals surface area contributed by atoms with Gasteiger partial charge in [0.15, 0.2) is 0 Å². The van der Waals surface area contributed by atoms with Gasteiger partial charge < -0.3 is 14.8 Å². The lowest BCUT2D eigenvalue weighted by Gasteiger charge is -2.11. The lowest BCUT2D eigenvalue weighted by Crippen LogP contribution is -2.15. The lowest BCUT2D eigenvalue weighted by atomic mass is 10.2. The number of hydrogen-bond acceptors (Lipinski definition) is 6. The molecule has 2 heterocycles. The third kappa shape index (κ3) is 4.13. The van der Waals surface area contributed by atoms with E-state index in [2.05, 4.69) is 15.3 Å². The average Bonchev–Trinajstić information content (AvgIpc) is 3.11. The van der Waals surface area contributed by atoms with E-state index in [1.54, 1.807) is 44.8 Å². The molecule has 6 nitrogen and oxygen atoms in total. The fourth-order valence-corrected chi connectivity index (χ4v) is 3.08. The summed E-state index contributed by atoms with van der Waals surface area (Å²) < 4.78 is 10.4. The van der Waals surface area contributed by atoms with Crippen LogP contribution in [0.15, 0.2) is 48.1 Å². The molecule has 1 amide bonds. The molecule has 0 spiro atoms. The van der Waals surface area contributed by atoms with E-state index in [4.69, 9.17) is 9.47 Å². The van der Waals surface area contributed by atoms with Crippen molar-refractivity contribution in [1.29, 1.82) is 0 Å². The van der Waals surface area contributed by atoms with Crippen LogP contribution in [-0.2, 0) is 11.2 Å². The molecule has 0 saturated heterocycles. The Morgan fingerprint density at radius 2 is 2.12 bits per heavy atom. The zero-order valence-corrected chi connectivity index (χ0v) is 14.7. The molecule has 0 aliphatic carbocycles. The number of carbonyl (C=O) groups excluding carboxylic acids is 1. The third-order valence-corrected chi connectivity index (χ3v) is 4.42. The number of hydrogen-bond donors (Lipinski definition) is 1. The molecule has 3 rings (SSSR count). The highest BCUT2D eigenvalue weighted by atomic mass is 32.1. The Labute approximate surface area is 149 Å². The molecular weight excluding hydrogens is 338 g/mol. The molecule has 0 bridgehead atoms. The van der Waals surface area contributed by atoms with Crippen molar-refractivity contribution in [1.82, 2.24) is 9.97 Å². The summed E-state index contributed by atoms with van der Waals surface area (Å²) >= 11 is 1.49. The molecule has 2 aromatic heterocycles. The number of amides is 1. The molecule has 3 aromatic rings. The molecule has 0 radical (unpaired) electrons. The summed E-state index contributed by atoms with van der Waals surface area (Å²) in [7, 11) is 3.13. The fourth-order valence-electron chi connectivity index (χ4n) is 2.27. The topological polar surface area (TPSA) is 73.3 Å². The largest absolute Gasteiger partial charge is 0.497 e. The number of pyridine rings is 1. The lowest BCUT2D eigenvalue weighted by molar-refractivity contribution is -0.115. The predicted octanol–water partition coefficient (Wildman–Crippen LogP) is 3.40. The van der Waals surface area contributed by atoms with Gasteiger partial charge in [0.1, 0.15) is 16.5 Å². The zero-order chi connectivity index (χ0) is 17.6. The van der Waals surface area contributed by atoms with Crippen LogP contribution in [0.5, 0.6) is 11.5 Å². The number of nitrogens with one attached hydrogen (secondary N) is 1. The molecule has 1 aromatic carbocycles. The van der Waals surface area contributed by atoms with Gasteiger partial charge in [0.05, 0.1) is 32.0 Å². The van der Waals surface area contributed by atoms with Crippen LogP contribution in [0.3, 0.4) is 0 Å². The van der Waals surface area contributed by atoms with E-state index in [-0.39, 0.29) is 12.3 Å². The number of anilines is 1. The summed E-state index contributed by atoms with van der Waals surface area (Å²) in [4.78, 5) is 20.9. The van der Waals surface area contributed by atoms with Crippen LogP contribution in [0.25, 0.3) is 10.6 Å². The first-order valence-electron chi connectivity index (χ1n) is 7.56. The summed E-state index contributed by atoms with van der Waals surface area (Å²) in [5.41, 5.74) is 2.25. The van der Waals surface area contributed by atoms with Crippen molar-refractivity contribution < 1.29 is 14.3 Å². The van der Waals surface area contributed by atoms with Gasteiger partial charge in [0.25, 0.3) is 0 Å². The quantitative estimate of drug-likeness (QED) is 0.733. The smallest absolute Gasteiger partial charge is 0.230 e. The highest BCUT2D eigenvalue weighted by Gasteiger charge is 2.12. The number of aromatic nitrogens is 2. The van der Waals surface area contributed by atoms with E-state index in [1.165, 1.54) is 11.3 Å². The van der Waals surface area contributed by atoms with Gasteiger partial charge in [0.2, 0.25) is 5.91 Å². The highest BCUT2D eigenvalue weighted by molar-refractivity contribution is 7.13. The molecule has 0 aliphatic heterocycles. The minimum absolute atomic E-state index is 0.161. The standard InChI is InChI=1S/C18H17N3O3S/c1-23-14-5-6-15(16(9-14)24-2)21-17(22)8-13-11-25-18(20-13)12-4-3-7-19-10-12/h3-7,9-11H,8H2,1-2H3,(H,21,22). The van der Waals surface area contributed by atoms with Crippen LogP contribution in [-0.4, -0.2) is 30.1 Å². The van der Waals surface area contributed by atoms with Gasteiger partial charge in [-0.25, -0.2) is 4.98 Å². The number of ether oxygens (including phenoxy) is 2. The first-order chi connectivity index (χ1) is 12.2. The van der Waals surface area contributed by atoms with E-state index in [9.17, 15) is 4.79 Å². The second kappa shape index (κ2) is 7.76. The van der Waals surface area contributed by atoms with Crippen LogP contribution in [0.2, 0.25) is 0 Å². The SMILES string of the molecule is COc1ccc(NC(=O)Cc2csc(-c3cccnc3)n2)c(OC)c1. The maximum Gasteiger partial charge on any atom is 0.230 e. The Morgan fingerprint density at radius 1 is 1.24 bits per heavy atom. The summed E-state index contributed by atoms with van der Waals surface area (Å²) in [6.07, 6.45) is 3.66. The maximum absolute atomic E-state index is 12.3. The molecule has 0 saturated carbocycles. The number of thiazole rings is 1. The minimum Gasteiger partial charge on any atom is -0.497 e. The number of methoxy groups -OCH3 is 2. The average molecular weight is 355 g/mol. The van der Waals surface area contributed by atoms with Crippen LogP contribution < -0.4 is 14.8 Å². The second-order valence-electron chi connectivity index (χ2n) is 5.18. The van der Waals surface area contributed by atoms with Gasteiger partial charge in [-0.3, -0.25) is 9.78 Å². The summed E-state index contributed by atoms with van der Waals surface area (Å²) in [5, 5.41) is 5.57. The number of rotatable bonds is 6. The van der Waals surface area contributed by atoms with Crippen molar-refractivity contribution in [2.45, 2.75) is 6.42 Å². The molecule has 0 aliphatic rings. The minimum atomic E-state index is -0.161. The molecule has 7 heteroatoms. The molecule has 0 atom stereocenters. The van der Waals surface area contributed by atoms with Crippen LogP contribution >= 0.6 is 11.3 Å². The van der Waals surface area contributed by atoms with Gasteiger partial charge in [-0.1, -0.05) is 0 Å². The first-order valence-corrected chi connectivity index (χ1v) is 8.44. The predicted molar refractivity (Wildman–Crippen MR) is 97.2 cm³/mol. The zero-order valence-electron chi connectivity index (χ0n) is 13.9. The monoisotopic (exact) mass is 355 g/mol. The van der Waals surface area contributed by atoms with Gasteiger partial charge in [-0.05, 0) is 24.3 Å². The van der Waals surface area contributed by atoms with Crippen LogP contribution in [0.1, 0.15) is 5.69 Å². The van der Waals surface area contributed by atoms with Crippen molar-refractivity contribution >= 4 is 22.9 Å². The highest BCUT2D eigenvalue weighted by Crippen LogP contribution is 2.29. The Bertz CT molecular complexity index is 865. The molecule has 128 valence electrons. The summed E-state index contributed by atoms with van der Waals surface area (Å²) in [6, 6.07) is 9.04. The Balaban J connectivity index is 1.68. The second-order valence-corrected chi connectivity index (χ2v) is 6.03. The first kappa shape index (κ1) is 16.9. The van der Waals surface area contributed by atoms with E-state index >= 15 is 0 Å². The number of carbonyl (C=O) groups is 1. The fraction of sp³-hybridized carbons (Fsp3) is 0.167. The Kier molecular flexibility index (Phi) is 5.25. The van der Waals surface area contributed by atoms with Gasteiger partial charge in [-0.15, -0.1) is 11.3 Å². The van der Waals surface area contributed by atoms with Gasteiger partial charge in [0, 0.05) is 29.4 Å². The molecule has 0 unspecified atom stereocenters. The Hall–Kier alpha value is -2.93. The van der Waals surface area contributed by atoms with Crippen molar-refractivity contribution in [3.05, 3.63) is 53.8 Å². The molecular formula is C18H17N3O3S. The van der Waals surface area contributed by atoms with Crippen molar-refractivity contribution in [3.8, 4) is 22.1 Å². The molecule has 0 fully saturated rings. The van der Waals surface area contributed by atoms with Crippen molar-refractivity contribution in [2.24, 2.45) is 0 Å². The van der Waals surface area contributed by atoms with Crippen molar-refractivity contribution in [2.75, 3.05) is 19.5 Å².